The van der Waals surface area contributed by atoms with Crippen molar-refractivity contribution in [1.82, 2.24) is 4.72 Å². The summed E-state index contributed by atoms with van der Waals surface area (Å²) in [6, 6.07) is 14.8. The number of hydrogen-bond donors (Lipinski definition) is 1. The molecule has 21 heavy (non-hydrogen) atoms. The van der Waals surface area contributed by atoms with Crippen molar-refractivity contribution in [2.45, 2.75) is 38.1 Å². The third kappa shape index (κ3) is 3.71. The molecule has 1 atom stereocenters. The largest absolute Gasteiger partial charge is 0.241 e. The molecule has 0 saturated heterocycles. The summed E-state index contributed by atoms with van der Waals surface area (Å²) in [6.45, 7) is 5.76. The van der Waals surface area contributed by atoms with Gasteiger partial charge in [0.1, 0.15) is 0 Å². The lowest BCUT2D eigenvalue weighted by molar-refractivity contribution is 0.566. The Kier molecular flexibility index (Phi) is 4.80. The lowest BCUT2D eigenvalue weighted by Crippen LogP contribution is -2.27. The molecule has 0 amide bonds. The molecule has 0 radical (unpaired) electrons. The van der Waals surface area contributed by atoms with Gasteiger partial charge < -0.3 is 0 Å². The molecule has 0 aromatic heterocycles. The summed E-state index contributed by atoms with van der Waals surface area (Å²) in [7, 11) is -3.50. The molecule has 4 heteroatoms. The summed E-state index contributed by atoms with van der Waals surface area (Å²) in [5.74, 6) is 0. The molecule has 2 aromatic rings. The predicted octanol–water partition coefficient (Wildman–Crippen LogP) is 3.60. The first kappa shape index (κ1) is 15.7. The van der Waals surface area contributed by atoms with Gasteiger partial charge in [0.05, 0.1) is 4.90 Å². The second-order valence-corrected chi connectivity index (χ2v) is 6.89. The topological polar surface area (TPSA) is 46.2 Å². The Balaban J connectivity index is 2.21. The summed E-state index contributed by atoms with van der Waals surface area (Å²) in [5, 5.41) is 0. The first-order chi connectivity index (χ1) is 9.94. The first-order valence-corrected chi connectivity index (χ1v) is 8.59. The van der Waals surface area contributed by atoms with Crippen molar-refractivity contribution in [2.75, 3.05) is 0 Å². The van der Waals surface area contributed by atoms with E-state index in [0.717, 1.165) is 17.5 Å². The molecule has 0 heterocycles. The molecule has 1 unspecified atom stereocenters. The molecule has 112 valence electrons. The molecule has 0 spiro atoms. The van der Waals surface area contributed by atoms with Crippen LogP contribution in [0.2, 0.25) is 0 Å². The van der Waals surface area contributed by atoms with Crippen LogP contribution in [0.4, 0.5) is 0 Å². The normalized spacial score (nSPS) is 13.1. The van der Waals surface area contributed by atoms with Gasteiger partial charge in [0, 0.05) is 6.04 Å². The molecule has 2 rings (SSSR count). The van der Waals surface area contributed by atoms with E-state index < -0.39 is 10.0 Å². The molecule has 0 saturated carbocycles. The van der Waals surface area contributed by atoms with E-state index in [2.05, 4.69) is 11.6 Å². The van der Waals surface area contributed by atoms with Crippen LogP contribution in [-0.2, 0) is 16.4 Å². The maximum Gasteiger partial charge on any atom is 0.241 e. The van der Waals surface area contributed by atoms with Crippen molar-refractivity contribution >= 4 is 10.0 Å². The van der Waals surface area contributed by atoms with Crippen LogP contribution in [0.15, 0.2) is 53.4 Å². The van der Waals surface area contributed by atoms with Gasteiger partial charge in [-0.3, -0.25) is 0 Å². The molecule has 1 N–H and O–H groups in total. The highest BCUT2D eigenvalue weighted by Crippen LogP contribution is 2.19. The summed E-state index contributed by atoms with van der Waals surface area (Å²) >= 11 is 0. The smallest absolute Gasteiger partial charge is 0.207 e. The van der Waals surface area contributed by atoms with Crippen LogP contribution in [0, 0.1) is 6.92 Å². The second-order valence-electron chi connectivity index (χ2n) is 5.20. The van der Waals surface area contributed by atoms with Gasteiger partial charge in [0.25, 0.3) is 0 Å². The van der Waals surface area contributed by atoms with E-state index in [4.69, 9.17) is 0 Å². The van der Waals surface area contributed by atoms with Crippen molar-refractivity contribution < 1.29 is 8.42 Å². The molecule has 0 fully saturated rings. The lowest BCUT2D eigenvalue weighted by Gasteiger charge is -2.16. The standard InChI is InChI=1S/C17H21NO2S/c1-4-15-9-11-16(12-10-15)14(3)18-21(19,20)17-8-6-5-7-13(17)2/h5-12,14,18H,4H2,1-3H3. The number of nitrogens with one attached hydrogen (secondary N) is 1. The Bertz CT molecular complexity index is 706. The molecule has 2 aromatic carbocycles. The van der Waals surface area contributed by atoms with Gasteiger partial charge in [-0.2, -0.15) is 0 Å². The zero-order valence-corrected chi connectivity index (χ0v) is 13.4. The van der Waals surface area contributed by atoms with Crippen molar-refractivity contribution in [3.8, 4) is 0 Å². The Morgan fingerprint density at radius 1 is 1.05 bits per heavy atom. The first-order valence-electron chi connectivity index (χ1n) is 7.11. The van der Waals surface area contributed by atoms with Gasteiger partial charge >= 0.3 is 0 Å². The number of sulfonamides is 1. The van der Waals surface area contributed by atoms with E-state index in [0.29, 0.717) is 4.90 Å². The van der Waals surface area contributed by atoms with Crippen LogP contribution < -0.4 is 4.72 Å². The highest BCUT2D eigenvalue weighted by Gasteiger charge is 2.19. The second kappa shape index (κ2) is 6.41. The van der Waals surface area contributed by atoms with Gasteiger partial charge in [-0.15, -0.1) is 0 Å². The fourth-order valence-corrected chi connectivity index (χ4v) is 3.74. The minimum Gasteiger partial charge on any atom is -0.207 e. The van der Waals surface area contributed by atoms with Gasteiger partial charge in [-0.25, -0.2) is 13.1 Å². The van der Waals surface area contributed by atoms with Gasteiger partial charge in [-0.05, 0) is 43.0 Å². The zero-order valence-electron chi connectivity index (χ0n) is 12.6. The molecule has 3 nitrogen and oxygen atoms in total. The van der Waals surface area contributed by atoms with Gasteiger partial charge in [0.2, 0.25) is 10.0 Å². The van der Waals surface area contributed by atoms with Crippen molar-refractivity contribution in [3.63, 3.8) is 0 Å². The van der Waals surface area contributed by atoms with Crippen LogP contribution in [-0.4, -0.2) is 8.42 Å². The molecular formula is C17H21NO2S. The highest BCUT2D eigenvalue weighted by molar-refractivity contribution is 7.89. The van der Waals surface area contributed by atoms with Crippen molar-refractivity contribution in [3.05, 3.63) is 65.2 Å². The maximum absolute atomic E-state index is 12.4. The fraction of sp³-hybridized carbons (Fsp3) is 0.294. The number of hydrogen-bond acceptors (Lipinski definition) is 2. The summed E-state index contributed by atoms with van der Waals surface area (Å²) in [6.07, 6.45) is 0.976. The quantitative estimate of drug-likeness (QED) is 0.917. The Labute approximate surface area is 127 Å². The van der Waals surface area contributed by atoms with Gasteiger partial charge in [0.15, 0.2) is 0 Å². The Morgan fingerprint density at radius 3 is 2.24 bits per heavy atom. The third-order valence-electron chi connectivity index (χ3n) is 3.60. The van der Waals surface area contributed by atoms with Crippen LogP contribution in [0.25, 0.3) is 0 Å². The number of aryl methyl sites for hydroxylation is 2. The number of benzene rings is 2. The van der Waals surface area contributed by atoms with Crippen molar-refractivity contribution in [2.24, 2.45) is 0 Å². The summed E-state index contributed by atoms with van der Waals surface area (Å²) < 4.78 is 27.6. The fourth-order valence-electron chi connectivity index (χ4n) is 2.26. The van der Waals surface area contributed by atoms with Crippen LogP contribution in [0.1, 0.15) is 36.6 Å². The monoisotopic (exact) mass is 303 g/mol. The van der Waals surface area contributed by atoms with E-state index in [9.17, 15) is 8.42 Å². The van der Waals surface area contributed by atoms with Gasteiger partial charge in [-0.1, -0.05) is 49.4 Å². The predicted molar refractivity (Wildman–Crippen MR) is 85.7 cm³/mol. The lowest BCUT2D eigenvalue weighted by atomic mass is 10.1. The zero-order chi connectivity index (χ0) is 15.5. The number of rotatable bonds is 5. The van der Waals surface area contributed by atoms with E-state index in [1.807, 2.05) is 37.3 Å². The van der Waals surface area contributed by atoms with E-state index in [1.54, 1.807) is 25.1 Å². The van der Waals surface area contributed by atoms with Crippen molar-refractivity contribution in [1.29, 1.82) is 0 Å². The Hall–Kier alpha value is -1.65. The third-order valence-corrected chi connectivity index (χ3v) is 5.30. The minimum atomic E-state index is -3.50. The average Bonchev–Trinajstić information content (AvgIpc) is 2.47. The minimum absolute atomic E-state index is 0.263. The summed E-state index contributed by atoms with van der Waals surface area (Å²) in [5.41, 5.74) is 2.95. The van der Waals surface area contributed by atoms with Crippen LogP contribution >= 0.6 is 0 Å². The maximum atomic E-state index is 12.4. The molecule has 0 bridgehead atoms. The Morgan fingerprint density at radius 2 is 1.67 bits per heavy atom. The van der Waals surface area contributed by atoms with Crippen LogP contribution in [0.3, 0.4) is 0 Å². The molecular weight excluding hydrogens is 282 g/mol. The van der Waals surface area contributed by atoms with E-state index in [-0.39, 0.29) is 6.04 Å². The van der Waals surface area contributed by atoms with Crippen LogP contribution in [0.5, 0.6) is 0 Å². The SMILES string of the molecule is CCc1ccc(C(C)NS(=O)(=O)c2ccccc2C)cc1. The highest BCUT2D eigenvalue weighted by atomic mass is 32.2. The summed E-state index contributed by atoms with van der Waals surface area (Å²) in [4.78, 5) is 0.335. The molecule has 0 aliphatic heterocycles. The molecule has 0 aliphatic rings. The van der Waals surface area contributed by atoms with E-state index >= 15 is 0 Å². The van der Waals surface area contributed by atoms with E-state index in [1.165, 1.54) is 5.56 Å². The molecule has 0 aliphatic carbocycles. The average molecular weight is 303 g/mol.